The molecule has 2 N–H and O–H groups in total. The summed E-state index contributed by atoms with van der Waals surface area (Å²) in [5.74, 6) is 1.08. The van der Waals surface area contributed by atoms with Crippen LogP contribution >= 0.6 is 15.9 Å². The molecule has 1 saturated heterocycles. The van der Waals surface area contributed by atoms with E-state index in [-0.39, 0.29) is 18.4 Å². The van der Waals surface area contributed by atoms with Crippen molar-refractivity contribution in [1.82, 2.24) is 10.2 Å². The summed E-state index contributed by atoms with van der Waals surface area (Å²) in [6.45, 7) is 5.02. The van der Waals surface area contributed by atoms with Crippen molar-refractivity contribution in [3.05, 3.63) is 52.0 Å². The number of amides is 2. The smallest absolute Gasteiger partial charge is 0.262 e. The van der Waals surface area contributed by atoms with E-state index in [1.165, 1.54) is 0 Å². The van der Waals surface area contributed by atoms with E-state index in [9.17, 15) is 9.59 Å². The number of anilines is 1. The fraction of sp³-hybridized carbons (Fsp3) is 0.417. The van der Waals surface area contributed by atoms with Gasteiger partial charge in [-0.05, 0) is 56.1 Å². The van der Waals surface area contributed by atoms with Crippen molar-refractivity contribution in [2.75, 3.05) is 38.7 Å². The maximum atomic E-state index is 12.2. The van der Waals surface area contributed by atoms with Crippen LogP contribution in [0.5, 0.6) is 11.5 Å². The van der Waals surface area contributed by atoms with Crippen LogP contribution in [0.25, 0.3) is 0 Å². The quantitative estimate of drug-likeness (QED) is 0.454. The molecule has 7 nitrogen and oxygen atoms in total. The largest absolute Gasteiger partial charge is 0.493 e. The first kappa shape index (κ1) is 24.1. The lowest BCUT2D eigenvalue weighted by atomic mass is 10.2. The summed E-state index contributed by atoms with van der Waals surface area (Å²) in [5, 5.41) is 6.22. The van der Waals surface area contributed by atoms with Crippen LogP contribution in [-0.2, 0) is 16.1 Å². The summed E-state index contributed by atoms with van der Waals surface area (Å²) in [6, 6.07) is 11.3. The fourth-order valence-electron chi connectivity index (χ4n) is 3.52. The van der Waals surface area contributed by atoms with Crippen LogP contribution in [0.4, 0.5) is 5.69 Å². The maximum absolute atomic E-state index is 12.2. The average Bonchev–Trinajstić information content (AvgIpc) is 3.19. The molecular formula is C24H30BrN3O4. The molecule has 3 rings (SSSR count). The van der Waals surface area contributed by atoms with Crippen molar-refractivity contribution in [1.29, 1.82) is 0 Å². The van der Waals surface area contributed by atoms with E-state index in [4.69, 9.17) is 9.47 Å². The summed E-state index contributed by atoms with van der Waals surface area (Å²) in [4.78, 5) is 25.8. The molecule has 2 amide bonds. The molecule has 0 atom stereocenters. The summed E-state index contributed by atoms with van der Waals surface area (Å²) in [7, 11) is 1.58. The molecule has 1 fully saturated rings. The number of ether oxygens (including phenoxy) is 2. The van der Waals surface area contributed by atoms with Crippen LogP contribution < -0.4 is 20.1 Å². The van der Waals surface area contributed by atoms with Crippen molar-refractivity contribution in [3.8, 4) is 11.5 Å². The Morgan fingerprint density at radius 2 is 1.97 bits per heavy atom. The maximum Gasteiger partial charge on any atom is 0.262 e. The van der Waals surface area contributed by atoms with Crippen LogP contribution in [0.2, 0.25) is 0 Å². The molecule has 2 aromatic rings. The normalized spacial score (nSPS) is 13.3. The molecule has 1 aliphatic rings. The second kappa shape index (κ2) is 11.9. The monoisotopic (exact) mass is 503 g/mol. The lowest BCUT2D eigenvalue weighted by Gasteiger charge is -2.16. The zero-order valence-corrected chi connectivity index (χ0v) is 20.2. The zero-order valence-electron chi connectivity index (χ0n) is 18.6. The number of benzene rings is 2. The van der Waals surface area contributed by atoms with Crippen molar-refractivity contribution < 1.29 is 19.1 Å². The SMILES string of the molecule is COc1cc(CNCCCN2CCCC2=O)c(Br)cc1OCC(=O)Nc1ccc(C)cc1. The standard InChI is InChI=1S/C24H30BrN3O4/c1-17-6-8-19(9-7-17)27-23(29)16-32-22-14-20(25)18(13-21(22)31-2)15-26-10-4-12-28-11-3-5-24(28)30/h6-9,13-14,26H,3-5,10-12,15-16H2,1-2H3,(H,27,29). The third-order valence-corrected chi connectivity index (χ3v) is 6.03. The predicted molar refractivity (Wildman–Crippen MR) is 128 cm³/mol. The highest BCUT2D eigenvalue weighted by Gasteiger charge is 2.19. The van der Waals surface area contributed by atoms with Gasteiger partial charge in [0.1, 0.15) is 0 Å². The van der Waals surface area contributed by atoms with Crippen LogP contribution in [0.3, 0.4) is 0 Å². The molecule has 1 heterocycles. The van der Waals surface area contributed by atoms with Crippen molar-refractivity contribution in [2.24, 2.45) is 0 Å². The van der Waals surface area contributed by atoms with Crippen molar-refractivity contribution >= 4 is 33.4 Å². The van der Waals surface area contributed by atoms with Crippen LogP contribution in [0.1, 0.15) is 30.4 Å². The first-order valence-corrected chi connectivity index (χ1v) is 11.6. The van der Waals surface area contributed by atoms with E-state index in [1.54, 1.807) is 7.11 Å². The Hall–Kier alpha value is -2.58. The number of likely N-dealkylation sites (tertiary alicyclic amines) is 1. The van der Waals surface area contributed by atoms with Gasteiger partial charge in [-0.3, -0.25) is 9.59 Å². The molecule has 0 radical (unpaired) electrons. The number of carbonyl (C=O) groups excluding carboxylic acids is 2. The van der Waals surface area contributed by atoms with E-state index in [0.29, 0.717) is 24.5 Å². The van der Waals surface area contributed by atoms with Crippen LogP contribution in [0, 0.1) is 6.92 Å². The highest BCUT2D eigenvalue weighted by Crippen LogP contribution is 2.33. The minimum Gasteiger partial charge on any atom is -0.493 e. The first-order valence-electron chi connectivity index (χ1n) is 10.8. The molecule has 0 spiro atoms. The minimum atomic E-state index is -0.241. The molecule has 0 aromatic heterocycles. The molecule has 1 aliphatic heterocycles. The minimum absolute atomic E-state index is 0.122. The van der Waals surface area contributed by atoms with Gasteiger partial charge in [0.25, 0.3) is 5.91 Å². The van der Waals surface area contributed by atoms with Crippen LogP contribution in [-0.4, -0.2) is 50.1 Å². The molecule has 0 saturated carbocycles. The van der Waals surface area contributed by atoms with Gasteiger partial charge in [0, 0.05) is 36.2 Å². The third kappa shape index (κ3) is 6.97. The molecule has 8 heteroatoms. The number of nitrogens with zero attached hydrogens (tertiary/aromatic N) is 1. The highest BCUT2D eigenvalue weighted by molar-refractivity contribution is 9.10. The van der Waals surface area contributed by atoms with Gasteiger partial charge in [0.15, 0.2) is 18.1 Å². The number of hydrogen-bond acceptors (Lipinski definition) is 5. The Bertz CT molecular complexity index is 934. The van der Waals surface area contributed by atoms with E-state index in [2.05, 4.69) is 26.6 Å². The third-order valence-electron chi connectivity index (χ3n) is 5.30. The first-order chi connectivity index (χ1) is 15.5. The number of methoxy groups -OCH3 is 1. The Labute approximate surface area is 197 Å². The van der Waals surface area contributed by atoms with Gasteiger partial charge in [-0.25, -0.2) is 0 Å². The van der Waals surface area contributed by atoms with E-state index >= 15 is 0 Å². The Morgan fingerprint density at radius 3 is 2.66 bits per heavy atom. The Kier molecular flexibility index (Phi) is 8.93. The predicted octanol–water partition coefficient (Wildman–Crippen LogP) is 3.89. The molecule has 32 heavy (non-hydrogen) atoms. The van der Waals surface area contributed by atoms with Gasteiger partial charge < -0.3 is 25.0 Å². The molecule has 0 unspecified atom stereocenters. The van der Waals surface area contributed by atoms with E-state index in [0.717, 1.165) is 53.8 Å². The molecule has 0 bridgehead atoms. The summed E-state index contributed by atoms with van der Waals surface area (Å²) < 4.78 is 12.0. The number of nitrogens with one attached hydrogen (secondary N) is 2. The van der Waals surface area contributed by atoms with E-state index in [1.807, 2.05) is 48.2 Å². The van der Waals surface area contributed by atoms with Gasteiger partial charge in [-0.2, -0.15) is 0 Å². The average molecular weight is 504 g/mol. The van der Waals surface area contributed by atoms with Gasteiger partial charge >= 0.3 is 0 Å². The molecular weight excluding hydrogens is 474 g/mol. The van der Waals surface area contributed by atoms with E-state index < -0.39 is 0 Å². The lowest BCUT2D eigenvalue weighted by Crippen LogP contribution is -2.28. The molecule has 172 valence electrons. The zero-order chi connectivity index (χ0) is 22.9. The summed E-state index contributed by atoms with van der Waals surface area (Å²) in [6.07, 6.45) is 2.57. The topological polar surface area (TPSA) is 79.9 Å². The van der Waals surface area contributed by atoms with Gasteiger partial charge in [0.05, 0.1) is 7.11 Å². The Balaban J connectivity index is 1.47. The summed E-state index contributed by atoms with van der Waals surface area (Å²) in [5.41, 5.74) is 2.88. The Morgan fingerprint density at radius 1 is 1.19 bits per heavy atom. The van der Waals surface area contributed by atoms with Gasteiger partial charge in [0.2, 0.25) is 5.91 Å². The van der Waals surface area contributed by atoms with Crippen LogP contribution in [0.15, 0.2) is 40.9 Å². The highest BCUT2D eigenvalue weighted by atomic mass is 79.9. The number of hydrogen-bond donors (Lipinski definition) is 2. The lowest BCUT2D eigenvalue weighted by molar-refractivity contribution is -0.127. The number of halogens is 1. The summed E-state index contributed by atoms with van der Waals surface area (Å²) >= 11 is 3.58. The second-order valence-corrected chi connectivity index (χ2v) is 8.67. The molecule has 2 aromatic carbocycles. The number of aryl methyl sites for hydroxylation is 1. The second-order valence-electron chi connectivity index (χ2n) is 7.81. The number of carbonyl (C=O) groups is 2. The van der Waals surface area contributed by atoms with Gasteiger partial charge in [-0.15, -0.1) is 0 Å². The van der Waals surface area contributed by atoms with Crippen molar-refractivity contribution in [2.45, 2.75) is 32.7 Å². The number of rotatable bonds is 11. The fourth-order valence-corrected chi connectivity index (χ4v) is 3.98. The van der Waals surface area contributed by atoms with Gasteiger partial charge in [-0.1, -0.05) is 33.6 Å². The van der Waals surface area contributed by atoms with Crippen molar-refractivity contribution in [3.63, 3.8) is 0 Å². The molecule has 0 aliphatic carbocycles.